The predicted molar refractivity (Wildman–Crippen MR) is 116 cm³/mol. The molecule has 2 aromatic rings. The molecule has 0 bridgehead atoms. The molecule has 1 amide bonds. The van der Waals surface area contributed by atoms with Crippen molar-refractivity contribution in [2.45, 2.75) is 43.9 Å². The van der Waals surface area contributed by atoms with Crippen molar-refractivity contribution in [2.24, 2.45) is 0 Å². The first-order valence-corrected chi connectivity index (χ1v) is 10.4. The van der Waals surface area contributed by atoms with Gasteiger partial charge in [-0.15, -0.1) is 12.4 Å². The molecule has 0 saturated carbocycles. The second-order valence-corrected chi connectivity index (χ2v) is 8.45. The summed E-state index contributed by atoms with van der Waals surface area (Å²) in [7, 11) is 0. The number of hydrogen-bond acceptors (Lipinski definition) is 2. The number of carbonyl (C=O) groups excluding carboxylic acids is 1. The first-order chi connectivity index (χ1) is 13.3. The Morgan fingerprint density at radius 2 is 1.57 bits per heavy atom. The lowest BCUT2D eigenvalue weighted by Gasteiger charge is -2.40. The molecule has 2 aromatic carbocycles. The molecular weight excluding hydrogens is 368 g/mol. The minimum atomic E-state index is 0. The van der Waals surface area contributed by atoms with Crippen molar-refractivity contribution in [3.05, 3.63) is 65.2 Å². The third-order valence-corrected chi connectivity index (χ3v) is 7.10. The summed E-state index contributed by atoms with van der Waals surface area (Å²) >= 11 is 0. The van der Waals surface area contributed by atoms with Crippen molar-refractivity contribution in [3.63, 3.8) is 0 Å². The number of nitrogens with zero attached hydrogens (tertiary/aromatic N) is 2. The fraction of sp³-hybridized carbons (Fsp3) is 0.458. The number of hydrogen-bond donors (Lipinski definition) is 0. The highest BCUT2D eigenvalue weighted by atomic mass is 35.5. The Balaban J connectivity index is 0.00000192. The minimum Gasteiger partial charge on any atom is -0.312 e. The van der Waals surface area contributed by atoms with Crippen LogP contribution >= 0.6 is 12.4 Å². The van der Waals surface area contributed by atoms with Gasteiger partial charge in [0, 0.05) is 25.2 Å². The number of likely N-dealkylation sites (tertiary alicyclic amines) is 1. The Labute approximate surface area is 174 Å². The molecule has 3 aliphatic rings. The molecule has 0 atom stereocenters. The highest BCUT2D eigenvalue weighted by Gasteiger charge is 2.40. The molecule has 1 fully saturated rings. The second kappa shape index (κ2) is 7.88. The van der Waals surface area contributed by atoms with Crippen LogP contribution in [0.25, 0.3) is 0 Å². The quantitative estimate of drug-likeness (QED) is 0.769. The van der Waals surface area contributed by atoms with Gasteiger partial charge in [-0.05, 0) is 73.4 Å². The maximum atomic E-state index is 12.8. The summed E-state index contributed by atoms with van der Waals surface area (Å²) in [5.41, 5.74) is 6.02. The lowest BCUT2D eigenvalue weighted by atomic mass is 9.74. The first-order valence-electron chi connectivity index (χ1n) is 10.4. The van der Waals surface area contributed by atoms with E-state index < -0.39 is 0 Å². The van der Waals surface area contributed by atoms with Gasteiger partial charge in [-0.25, -0.2) is 0 Å². The maximum Gasteiger partial charge on any atom is 0.228 e. The number of aryl methyl sites for hydroxylation is 1. The van der Waals surface area contributed by atoms with E-state index in [0.29, 0.717) is 11.8 Å². The van der Waals surface area contributed by atoms with Crippen molar-refractivity contribution >= 4 is 24.0 Å². The highest BCUT2D eigenvalue weighted by molar-refractivity contribution is 5.95. The van der Waals surface area contributed by atoms with Gasteiger partial charge in [0.25, 0.3) is 0 Å². The summed E-state index contributed by atoms with van der Waals surface area (Å²) < 4.78 is 0. The predicted octanol–water partition coefficient (Wildman–Crippen LogP) is 4.37. The summed E-state index contributed by atoms with van der Waals surface area (Å²) in [6.07, 6.45) is 6.66. The minimum absolute atomic E-state index is 0. The molecule has 1 spiro atoms. The Kier molecular flexibility index (Phi) is 5.48. The molecule has 148 valence electrons. The van der Waals surface area contributed by atoms with Crippen molar-refractivity contribution in [1.29, 1.82) is 0 Å². The van der Waals surface area contributed by atoms with Crippen molar-refractivity contribution in [2.75, 3.05) is 31.1 Å². The van der Waals surface area contributed by atoms with E-state index in [2.05, 4.69) is 47.4 Å². The summed E-state index contributed by atoms with van der Waals surface area (Å²) in [5, 5.41) is 0. The van der Waals surface area contributed by atoms with E-state index in [9.17, 15) is 4.79 Å². The SMILES string of the molecule is Cl.O=C(CCN1CCC2(CCc3ccccc32)CC1)N1CCc2ccccc21. The van der Waals surface area contributed by atoms with Crippen molar-refractivity contribution in [1.82, 2.24) is 4.90 Å². The number of rotatable bonds is 3. The maximum absolute atomic E-state index is 12.8. The molecule has 2 heterocycles. The molecule has 5 rings (SSSR count). The summed E-state index contributed by atoms with van der Waals surface area (Å²) in [6, 6.07) is 17.4. The van der Waals surface area contributed by atoms with Crippen LogP contribution in [-0.4, -0.2) is 37.0 Å². The topological polar surface area (TPSA) is 23.6 Å². The van der Waals surface area contributed by atoms with Gasteiger partial charge < -0.3 is 9.80 Å². The lowest BCUT2D eigenvalue weighted by molar-refractivity contribution is -0.118. The smallest absolute Gasteiger partial charge is 0.228 e. The number of anilines is 1. The fourth-order valence-electron chi connectivity index (χ4n) is 5.47. The zero-order chi connectivity index (χ0) is 18.3. The van der Waals surface area contributed by atoms with Crippen LogP contribution in [0.3, 0.4) is 0 Å². The van der Waals surface area contributed by atoms with Crippen LogP contribution in [0.5, 0.6) is 0 Å². The van der Waals surface area contributed by atoms with Gasteiger partial charge in [-0.2, -0.15) is 0 Å². The molecule has 3 nitrogen and oxygen atoms in total. The first kappa shape index (κ1) is 19.5. The number of benzene rings is 2. The van der Waals surface area contributed by atoms with Gasteiger partial charge in [-0.1, -0.05) is 42.5 Å². The van der Waals surface area contributed by atoms with E-state index in [1.165, 1.54) is 31.2 Å². The normalized spacial score (nSPS) is 19.9. The summed E-state index contributed by atoms with van der Waals surface area (Å²) in [4.78, 5) is 17.3. The van der Waals surface area contributed by atoms with Crippen LogP contribution in [0.15, 0.2) is 48.5 Å². The molecule has 28 heavy (non-hydrogen) atoms. The van der Waals surface area contributed by atoms with Crippen LogP contribution in [0, 0.1) is 0 Å². The number of amides is 1. The lowest BCUT2D eigenvalue weighted by Crippen LogP contribution is -2.43. The third kappa shape index (κ3) is 3.35. The van der Waals surface area contributed by atoms with Gasteiger partial charge >= 0.3 is 0 Å². The standard InChI is InChI=1S/C24H28N2O.ClH/c27-23(26-16-10-20-6-2-4-8-22(20)26)11-15-25-17-13-24(14-18-25)12-9-19-5-1-3-7-21(19)24;/h1-8H,9-18H2;1H. The van der Waals surface area contributed by atoms with Crippen LogP contribution in [0.1, 0.15) is 42.4 Å². The Hall–Kier alpha value is -1.84. The van der Waals surface area contributed by atoms with Crippen LogP contribution in [0.4, 0.5) is 5.69 Å². The van der Waals surface area contributed by atoms with Gasteiger partial charge in [0.05, 0.1) is 0 Å². The number of fused-ring (bicyclic) bond motifs is 3. The largest absolute Gasteiger partial charge is 0.312 e. The van der Waals surface area contributed by atoms with Crippen LogP contribution < -0.4 is 4.90 Å². The number of para-hydroxylation sites is 1. The molecule has 1 aliphatic carbocycles. The third-order valence-electron chi connectivity index (χ3n) is 7.10. The molecule has 0 radical (unpaired) electrons. The van der Waals surface area contributed by atoms with Crippen LogP contribution in [0.2, 0.25) is 0 Å². The van der Waals surface area contributed by atoms with E-state index in [0.717, 1.165) is 38.3 Å². The molecule has 1 saturated heterocycles. The molecule has 0 unspecified atom stereocenters. The fourth-order valence-corrected chi connectivity index (χ4v) is 5.47. The van der Waals surface area contributed by atoms with Crippen molar-refractivity contribution < 1.29 is 4.79 Å². The van der Waals surface area contributed by atoms with E-state index in [1.54, 1.807) is 11.1 Å². The Morgan fingerprint density at radius 1 is 0.857 bits per heavy atom. The number of carbonyl (C=O) groups is 1. The average molecular weight is 397 g/mol. The summed E-state index contributed by atoms with van der Waals surface area (Å²) in [6.45, 7) is 3.99. The van der Waals surface area contributed by atoms with E-state index in [-0.39, 0.29) is 18.3 Å². The van der Waals surface area contributed by atoms with Crippen LogP contribution in [-0.2, 0) is 23.1 Å². The second-order valence-electron chi connectivity index (χ2n) is 8.45. The summed E-state index contributed by atoms with van der Waals surface area (Å²) in [5.74, 6) is 0.284. The Morgan fingerprint density at radius 3 is 2.39 bits per heavy atom. The van der Waals surface area contributed by atoms with Gasteiger partial charge in [-0.3, -0.25) is 4.79 Å². The molecular formula is C24H29ClN2O. The average Bonchev–Trinajstić information content (AvgIpc) is 3.30. The molecule has 4 heteroatoms. The van der Waals surface area contributed by atoms with E-state index >= 15 is 0 Å². The number of piperidine rings is 1. The van der Waals surface area contributed by atoms with Gasteiger partial charge in [0.15, 0.2) is 0 Å². The van der Waals surface area contributed by atoms with E-state index in [1.807, 2.05) is 11.0 Å². The van der Waals surface area contributed by atoms with E-state index in [4.69, 9.17) is 0 Å². The number of halogens is 1. The Bertz CT molecular complexity index is 857. The molecule has 0 N–H and O–H groups in total. The van der Waals surface area contributed by atoms with Gasteiger partial charge in [0.2, 0.25) is 5.91 Å². The molecule has 0 aromatic heterocycles. The molecule has 2 aliphatic heterocycles. The van der Waals surface area contributed by atoms with Crippen molar-refractivity contribution in [3.8, 4) is 0 Å². The van der Waals surface area contributed by atoms with Gasteiger partial charge in [0.1, 0.15) is 0 Å². The monoisotopic (exact) mass is 396 g/mol. The zero-order valence-electron chi connectivity index (χ0n) is 16.4. The zero-order valence-corrected chi connectivity index (χ0v) is 17.2. The highest BCUT2D eigenvalue weighted by Crippen LogP contribution is 2.46.